The van der Waals surface area contributed by atoms with E-state index in [1.807, 2.05) is 83.8 Å². The van der Waals surface area contributed by atoms with Gasteiger partial charge in [0.1, 0.15) is 5.75 Å². The van der Waals surface area contributed by atoms with Crippen LogP contribution in [0.3, 0.4) is 0 Å². The first kappa shape index (κ1) is 36.2. The summed E-state index contributed by atoms with van der Waals surface area (Å²) in [5, 5.41) is 12.7. The van der Waals surface area contributed by atoms with Crippen molar-refractivity contribution in [2.75, 3.05) is 43.9 Å². The van der Waals surface area contributed by atoms with Crippen molar-refractivity contribution in [3.63, 3.8) is 0 Å². The number of piperazine rings is 1. The molecule has 0 atom stereocenters. The number of alkyl halides is 3. The number of carbonyl (C=O) groups is 4. The molecule has 1 aliphatic rings. The van der Waals surface area contributed by atoms with Gasteiger partial charge in [0.2, 0.25) is 0 Å². The maximum absolute atomic E-state index is 13.1. The van der Waals surface area contributed by atoms with Crippen LogP contribution >= 0.6 is 0 Å². The van der Waals surface area contributed by atoms with Gasteiger partial charge in [-0.2, -0.15) is 13.2 Å². The van der Waals surface area contributed by atoms with E-state index in [0.29, 0.717) is 47.9 Å². The van der Waals surface area contributed by atoms with Gasteiger partial charge in [-0.1, -0.05) is 54.6 Å². The first-order valence-electron chi connectivity index (χ1n) is 15.2. The Balaban J connectivity index is 0.000000698. The molecule has 0 bridgehead atoms. The zero-order valence-corrected chi connectivity index (χ0v) is 26.6. The molecule has 49 heavy (non-hydrogen) atoms. The first-order chi connectivity index (χ1) is 23.4. The standard InChI is InChI=1S/C34H34N4O4.C2HF3O2/c1-42-32-13-6-5-9-28(32)23-31(39)27-10-7-8-25(22-27)24-37-18-20-38(21-19-37)33(40)26-14-16-30(17-15-26)36-34(41)35-29-11-3-2-4-12-29;3-2(4,5)1(6)7/h2-17,22H,18-21,23-24H2,1H3,(H2,35,36,41);(H,6,7). The van der Waals surface area contributed by atoms with Gasteiger partial charge in [0.15, 0.2) is 5.78 Å². The van der Waals surface area contributed by atoms with Gasteiger partial charge in [-0.15, -0.1) is 0 Å². The summed E-state index contributed by atoms with van der Waals surface area (Å²) in [6, 6.07) is 31.2. The predicted molar refractivity (Wildman–Crippen MR) is 178 cm³/mol. The topological polar surface area (TPSA) is 128 Å². The summed E-state index contributed by atoms with van der Waals surface area (Å²) in [5.74, 6) is -2.02. The van der Waals surface area contributed by atoms with E-state index in [0.717, 1.165) is 24.2 Å². The highest BCUT2D eigenvalue weighted by Gasteiger charge is 2.38. The van der Waals surface area contributed by atoms with Crippen molar-refractivity contribution in [3.05, 3.63) is 125 Å². The molecule has 4 aromatic rings. The number of urea groups is 1. The number of hydrogen-bond donors (Lipinski definition) is 3. The van der Waals surface area contributed by atoms with Gasteiger partial charge in [-0.25, -0.2) is 9.59 Å². The number of amides is 3. The van der Waals surface area contributed by atoms with Crippen molar-refractivity contribution in [2.24, 2.45) is 0 Å². The number of aliphatic carboxylic acids is 1. The molecule has 5 rings (SSSR count). The number of benzene rings is 4. The minimum atomic E-state index is -5.08. The van der Waals surface area contributed by atoms with Gasteiger partial charge in [0, 0.05) is 67.2 Å². The van der Waals surface area contributed by atoms with E-state index in [9.17, 15) is 27.6 Å². The molecule has 0 saturated carbocycles. The minimum Gasteiger partial charge on any atom is -0.496 e. The summed E-state index contributed by atoms with van der Waals surface area (Å²) < 4.78 is 37.1. The van der Waals surface area contributed by atoms with Crippen LogP contribution < -0.4 is 15.4 Å². The third-order valence-corrected chi connectivity index (χ3v) is 7.52. The number of anilines is 2. The van der Waals surface area contributed by atoms with Crippen LogP contribution in [0.15, 0.2) is 103 Å². The second-order valence-corrected chi connectivity index (χ2v) is 11.0. The molecule has 0 aliphatic carbocycles. The predicted octanol–water partition coefficient (Wildman–Crippen LogP) is 6.36. The SMILES string of the molecule is COc1ccccc1CC(=O)c1cccc(CN2CCN(C(=O)c3ccc(NC(=O)Nc4ccccc4)cc3)CC2)c1.O=C(O)C(F)(F)F. The number of halogens is 3. The van der Waals surface area contributed by atoms with E-state index in [1.54, 1.807) is 31.4 Å². The largest absolute Gasteiger partial charge is 0.496 e. The lowest BCUT2D eigenvalue weighted by atomic mass is 10.0. The van der Waals surface area contributed by atoms with Crippen LogP contribution in [0.1, 0.15) is 31.8 Å². The smallest absolute Gasteiger partial charge is 0.490 e. The molecule has 1 saturated heterocycles. The van der Waals surface area contributed by atoms with E-state index in [1.165, 1.54) is 0 Å². The number of nitrogens with one attached hydrogen (secondary N) is 2. The van der Waals surface area contributed by atoms with Crippen LogP contribution in [-0.4, -0.2) is 78.1 Å². The summed E-state index contributed by atoms with van der Waals surface area (Å²) in [7, 11) is 1.61. The molecule has 1 heterocycles. The third-order valence-electron chi connectivity index (χ3n) is 7.52. The average Bonchev–Trinajstić information content (AvgIpc) is 3.09. The van der Waals surface area contributed by atoms with Crippen molar-refractivity contribution in [1.82, 2.24) is 9.80 Å². The molecular formula is C36H35F3N4O6. The first-order valence-corrected chi connectivity index (χ1v) is 15.2. The van der Waals surface area contributed by atoms with Crippen LogP contribution in [-0.2, 0) is 17.8 Å². The summed E-state index contributed by atoms with van der Waals surface area (Å²) in [6.07, 6.45) is -4.80. The van der Waals surface area contributed by atoms with Gasteiger partial charge >= 0.3 is 18.2 Å². The molecule has 3 amide bonds. The lowest BCUT2D eigenvalue weighted by molar-refractivity contribution is -0.192. The Labute approximate surface area is 281 Å². The van der Waals surface area contributed by atoms with Gasteiger partial charge in [-0.05, 0) is 54.1 Å². The summed E-state index contributed by atoms with van der Waals surface area (Å²) in [5.41, 5.74) is 4.51. The number of carbonyl (C=O) groups excluding carboxylic acids is 3. The Hall–Kier alpha value is -5.69. The molecule has 1 aliphatic heterocycles. The maximum Gasteiger partial charge on any atom is 0.490 e. The van der Waals surface area contributed by atoms with Crippen LogP contribution in [0.25, 0.3) is 0 Å². The molecule has 0 aromatic heterocycles. The fourth-order valence-electron chi connectivity index (χ4n) is 5.03. The highest BCUT2D eigenvalue weighted by atomic mass is 19.4. The average molecular weight is 677 g/mol. The third kappa shape index (κ3) is 10.9. The Morgan fingerprint density at radius 3 is 1.96 bits per heavy atom. The molecule has 10 nitrogen and oxygen atoms in total. The number of methoxy groups -OCH3 is 1. The van der Waals surface area contributed by atoms with Crippen LogP contribution in [0, 0.1) is 0 Å². The van der Waals surface area contributed by atoms with E-state index in [4.69, 9.17) is 14.6 Å². The maximum atomic E-state index is 13.1. The number of hydrogen-bond acceptors (Lipinski definition) is 6. The van der Waals surface area contributed by atoms with Crippen LogP contribution in [0.5, 0.6) is 5.75 Å². The Bertz CT molecular complexity index is 1740. The summed E-state index contributed by atoms with van der Waals surface area (Å²) >= 11 is 0. The van der Waals surface area contributed by atoms with Crippen molar-refractivity contribution in [2.45, 2.75) is 19.1 Å². The number of rotatable bonds is 9. The summed E-state index contributed by atoms with van der Waals surface area (Å²) in [4.78, 5) is 51.4. The molecule has 0 unspecified atom stereocenters. The molecule has 1 fully saturated rings. The van der Waals surface area contributed by atoms with Crippen molar-refractivity contribution in [1.29, 1.82) is 0 Å². The van der Waals surface area contributed by atoms with Crippen LogP contribution in [0.2, 0.25) is 0 Å². The fraction of sp³-hybridized carbons (Fsp3) is 0.222. The molecule has 0 radical (unpaired) electrons. The highest BCUT2D eigenvalue weighted by molar-refractivity contribution is 6.00. The molecular weight excluding hydrogens is 641 g/mol. The number of carboxylic acid groups (broad SMARTS) is 1. The zero-order valence-electron chi connectivity index (χ0n) is 26.6. The lowest BCUT2D eigenvalue weighted by Crippen LogP contribution is -2.48. The monoisotopic (exact) mass is 676 g/mol. The van der Waals surface area contributed by atoms with Crippen molar-refractivity contribution in [3.8, 4) is 5.75 Å². The second kappa shape index (κ2) is 16.9. The van der Waals surface area contributed by atoms with Crippen molar-refractivity contribution >= 4 is 35.1 Å². The molecule has 4 aromatic carbocycles. The Morgan fingerprint density at radius 1 is 0.755 bits per heavy atom. The fourth-order valence-corrected chi connectivity index (χ4v) is 5.03. The van der Waals surface area contributed by atoms with E-state index < -0.39 is 12.1 Å². The number of Topliss-reactive ketones (excluding diaryl/α,β-unsaturated/α-hetero) is 1. The van der Waals surface area contributed by atoms with Gasteiger partial charge in [-0.3, -0.25) is 14.5 Å². The second-order valence-electron chi connectivity index (χ2n) is 11.0. The molecule has 3 N–H and O–H groups in total. The van der Waals surface area contributed by atoms with Gasteiger partial charge in [0.25, 0.3) is 5.91 Å². The number of nitrogens with zero attached hydrogens (tertiary/aromatic N) is 2. The molecule has 13 heteroatoms. The van der Waals surface area contributed by atoms with Crippen molar-refractivity contribution < 1.29 is 42.2 Å². The van der Waals surface area contributed by atoms with Gasteiger partial charge in [0.05, 0.1) is 7.11 Å². The Morgan fingerprint density at radius 2 is 1.35 bits per heavy atom. The van der Waals surface area contributed by atoms with E-state index in [2.05, 4.69) is 15.5 Å². The van der Waals surface area contributed by atoms with Gasteiger partial charge < -0.3 is 25.4 Å². The number of ketones is 1. The van der Waals surface area contributed by atoms with Crippen LogP contribution in [0.4, 0.5) is 29.3 Å². The Kier molecular flexibility index (Phi) is 12.5. The molecule has 0 spiro atoms. The number of carboxylic acids is 1. The quantitative estimate of drug-likeness (QED) is 0.176. The molecule has 256 valence electrons. The normalized spacial score (nSPS) is 13.0. The highest BCUT2D eigenvalue weighted by Crippen LogP contribution is 2.21. The van der Waals surface area contributed by atoms with E-state index >= 15 is 0 Å². The minimum absolute atomic E-state index is 0.0288. The zero-order chi connectivity index (χ0) is 35.4. The number of para-hydroxylation sites is 2. The lowest BCUT2D eigenvalue weighted by Gasteiger charge is -2.35. The van der Waals surface area contributed by atoms with E-state index in [-0.39, 0.29) is 24.1 Å². The number of ether oxygens (including phenoxy) is 1. The summed E-state index contributed by atoms with van der Waals surface area (Å²) in [6.45, 7) is 3.42.